The molecule has 0 radical (unpaired) electrons. The van der Waals surface area contributed by atoms with Gasteiger partial charge in [0.2, 0.25) is 0 Å². The lowest BCUT2D eigenvalue weighted by molar-refractivity contribution is -0.201. The van der Waals surface area contributed by atoms with E-state index in [-0.39, 0.29) is 0 Å². The summed E-state index contributed by atoms with van der Waals surface area (Å²) in [5.41, 5.74) is 0. The van der Waals surface area contributed by atoms with Crippen molar-refractivity contribution in [2.24, 2.45) is 15.4 Å². The highest BCUT2D eigenvalue weighted by molar-refractivity contribution is 7.84. The topological polar surface area (TPSA) is 269 Å². The van der Waals surface area contributed by atoms with Gasteiger partial charge in [-0.05, 0) is 0 Å². The molecule has 1 aliphatic rings. The number of nitrogens with two attached hydrogens (primary N) is 3. The lowest BCUT2D eigenvalue weighted by Gasteiger charge is -2.42. The van der Waals surface area contributed by atoms with Crippen LogP contribution < -0.4 is 15.4 Å². The van der Waals surface area contributed by atoms with E-state index in [2.05, 4.69) is 28.0 Å². The molecule has 15 nitrogen and oxygen atoms in total. The van der Waals surface area contributed by atoms with Crippen LogP contribution in [0.1, 0.15) is 0 Å². The molecule has 18 heteroatoms. The van der Waals surface area contributed by atoms with Gasteiger partial charge in [-0.15, -0.1) is 0 Å². The Labute approximate surface area is 136 Å². The molecule has 0 aromatic carbocycles. The van der Waals surface area contributed by atoms with Gasteiger partial charge < -0.3 is 15.3 Å². The molecule has 24 heavy (non-hydrogen) atoms. The summed E-state index contributed by atoms with van der Waals surface area (Å²) in [6, 6.07) is 0. The summed E-state index contributed by atoms with van der Waals surface area (Å²) in [5, 5.41) is 43.2. The summed E-state index contributed by atoms with van der Waals surface area (Å²) in [6.07, 6.45) is -13.8. The molecule has 0 bridgehead atoms. The van der Waals surface area contributed by atoms with Gasteiger partial charge in [0, 0.05) is 0 Å². The lowest BCUT2D eigenvalue weighted by atomic mass is 9.85. The fourth-order valence-corrected chi connectivity index (χ4v) is 3.57. The van der Waals surface area contributed by atoms with Crippen molar-refractivity contribution in [1.82, 2.24) is 0 Å². The number of rotatable bonds is 6. The van der Waals surface area contributed by atoms with Crippen molar-refractivity contribution >= 4 is 30.9 Å². The minimum atomic E-state index is -4.86. The number of hydrogen-bond donors (Lipinski definition) is 6. The van der Waals surface area contributed by atoms with Crippen molar-refractivity contribution < 1.29 is 53.1 Å². The fourth-order valence-electron chi connectivity index (χ4n) is 1.97. The first kappa shape index (κ1) is 21.5. The summed E-state index contributed by atoms with van der Waals surface area (Å²) in [4.78, 5) is 0. The zero-order valence-electron chi connectivity index (χ0n) is 11.4. The van der Waals surface area contributed by atoms with Crippen molar-refractivity contribution in [3.8, 4) is 0 Å². The van der Waals surface area contributed by atoms with Crippen molar-refractivity contribution in [2.75, 3.05) is 0 Å². The van der Waals surface area contributed by atoms with Gasteiger partial charge in [-0.2, -0.15) is 25.3 Å². The van der Waals surface area contributed by atoms with Crippen LogP contribution in [0.4, 0.5) is 0 Å². The Morgan fingerprint density at radius 2 is 0.792 bits per heavy atom. The van der Waals surface area contributed by atoms with E-state index in [0.717, 1.165) is 0 Å². The van der Waals surface area contributed by atoms with Crippen LogP contribution in [0.3, 0.4) is 0 Å². The zero-order valence-corrected chi connectivity index (χ0v) is 13.9. The minimum Gasteiger partial charge on any atom is -0.387 e. The summed E-state index contributed by atoms with van der Waals surface area (Å²) in [5.74, 6) is 0. The van der Waals surface area contributed by atoms with Gasteiger partial charge in [-0.3, -0.25) is 0 Å². The molecular weight excluding hydrogens is 402 g/mol. The average Bonchev–Trinajstić information content (AvgIpc) is 2.32. The molecule has 0 saturated heterocycles. The molecular formula is C6H15N3O12S3. The molecule has 0 aromatic rings. The van der Waals surface area contributed by atoms with E-state index in [0.29, 0.717) is 0 Å². The number of hydrogen-bond acceptors (Lipinski definition) is 12. The van der Waals surface area contributed by atoms with E-state index in [1.165, 1.54) is 0 Å². The third-order valence-corrected chi connectivity index (χ3v) is 4.23. The highest BCUT2D eigenvalue weighted by Crippen LogP contribution is 2.29. The molecule has 1 fully saturated rings. The smallest absolute Gasteiger partial charge is 0.333 e. The van der Waals surface area contributed by atoms with Crippen LogP contribution in [0.5, 0.6) is 0 Å². The van der Waals surface area contributed by atoms with Gasteiger partial charge in [0.25, 0.3) is 0 Å². The molecule has 0 spiro atoms. The van der Waals surface area contributed by atoms with Gasteiger partial charge in [0.15, 0.2) is 0 Å². The molecule has 1 saturated carbocycles. The third-order valence-electron chi connectivity index (χ3n) is 2.76. The monoisotopic (exact) mass is 417 g/mol. The molecule has 9 N–H and O–H groups in total. The maximum absolute atomic E-state index is 11.0. The van der Waals surface area contributed by atoms with E-state index in [9.17, 15) is 40.6 Å². The van der Waals surface area contributed by atoms with Gasteiger partial charge >= 0.3 is 30.9 Å². The van der Waals surface area contributed by atoms with Crippen LogP contribution in [0.15, 0.2) is 0 Å². The fraction of sp³-hybridized carbons (Fsp3) is 1.00. The normalized spacial score (nSPS) is 35.8. The lowest BCUT2D eigenvalue weighted by Crippen LogP contribution is -2.67. The van der Waals surface area contributed by atoms with E-state index in [1.54, 1.807) is 0 Å². The first-order chi connectivity index (χ1) is 10.5. The maximum Gasteiger partial charge on any atom is 0.333 e. The SMILES string of the molecule is NS(=O)(=O)O[C@@H]1[C@H](O)[C@H](O)[C@@H](OS(N)(=O)=O)[C@H](OS(N)(=O)=O)[C@H]1O. The number of aliphatic hydroxyl groups excluding tert-OH is 3. The molecule has 1 rings (SSSR count). The quantitative estimate of drug-likeness (QED) is 0.235. The maximum atomic E-state index is 11.0. The Balaban J connectivity index is 3.30. The van der Waals surface area contributed by atoms with Crippen molar-refractivity contribution in [1.29, 1.82) is 0 Å². The molecule has 0 heterocycles. The predicted molar refractivity (Wildman–Crippen MR) is 72.0 cm³/mol. The van der Waals surface area contributed by atoms with Gasteiger partial charge in [-0.1, -0.05) is 0 Å². The Morgan fingerprint density at radius 1 is 0.542 bits per heavy atom. The largest absolute Gasteiger partial charge is 0.387 e. The molecule has 144 valence electrons. The third kappa shape index (κ3) is 6.09. The van der Waals surface area contributed by atoms with E-state index in [4.69, 9.17) is 0 Å². The molecule has 1 aliphatic carbocycles. The minimum absolute atomic E-state index is 2.23. The Kier molecular flexibility index (Phi) is 6.29. The van der Waals surface area contributed by atoms with Crippen LogP contribution in [-0.2, 0) is 43.5 Å². The Morgan fingerprint density at radius 3 is 1.12 bits per heavy atom. The average molecular weight is 417 g/mol. The Bertz CT molecular complexity index is 762. The van der Waals surface area contributed by atoms with Crippen LogP contribution in [-0.4, -0.2) is 77.2 Å². The zero-order chi connectivity index (χ0) is 19.1. The van der Waals surface area contributed by atoms with Crippen LogP contribution in [0.25, 0.3) is 0 Å². The van der Waals surface area contributed by atoms with Crippen LogP contribution in [0, 0.1) is 0 Å². The highest BCUT2D eigenvalue weighted by atomic mass is 32.2. The molecule has 6 atom stereocenters. The molecule has 0 amide bonds. The first-order valence-electron chi connectivity index (χ1n) is 5.69. The second-order valence-electron chi connectivity index (χ2n) is 4.63. The van der Waals surface area contributed by atoms with Gasteiger partial charge in [0.1, 0.15) is 36.6 Å². The summed E-state index contributed by atoms with van der Waals surface area (Å²) < 4.78 is 78.3. The highest BCUT2D eigenvalue weighted by Gasteiger charge is 2.55. The molecule has 0 aromatic heterocycles. The molecule has 0 unspecified atom stereocenters. The van der Waals surface area contributed by atoms with Crippen LogP contribution in [0.2, 0.25) is 0 Å². The van der Waals surface area contributed by atoms with E-state index in [1.807, 2.05) is 0 Å². The van der Waals surface area contributed by atoms with Crippen LogP contribution >= 0.6 is 0 Å². The standard InChI is InChI=1S/C6H15N3O12S3/c7-22(13,14)19-4-1(10)2(11)5(20-23(8,15)16)6(3(4)12)21-24(9,17)18/h1-6,10-12H,(H2,7,13,14)(H2,8,15,16)(H2,9,17,18)/t1-,2+,3+,4-,5-,6-/m1/s1. The Hall–Kier alpha value is -0.510. The van der Waals surface area contributed by atoms with Gasteiger partial charge in [-0.25, -0.2) is 28.0 Å². The van der Waals surface area contributed by atoms with Crippen molar-refractivity contribution in [3.63, 3.8) is 0 Å². The summed E-state index contributed by atoms with van der Waals surface area (Å²) in [6.45, 7) is 0. The van der Waals surface area contributed by atoms with Gasteiger partial charge in [0.05, 0.1) is 0 Å². The van der Waals surface area contributed by atoms with E-state index >= 15 is 0 Å². The predicted octanol–water partition coefficient (Wildman–Crippen LogP) is -6.15. The first-order valence-corrected chi connectivity index (χ1v) is 10.1. The van der Waals surface area contributed by atoms with E-state index < -0.39 is 67.5 Å². The number of aliphatic hydroxyl groups is 3. The van der Waals surface area contributed by atoms with Crippen molar-refractivity contribution in [3.05, 3.63) is 0 Å². The summed E-state index contributed by atoms with van der Waals surface area (Å²) >= 11 is 0. The second-order valence-corrected chi connectivity index (χ2v) is 8.17. The molecule has 0 aliphatic heterocycles. The second kappa shape index (κ2) is 7.01. The van der Waals surface area contributed by atoms with Crippen molar-refractivity contribution in [2.45, 2.75) is 36.6 Å². The summed E-state index contributed by atoms with van der Waals surface area (Å²) in [7, 11) is -14.5.